The molecule has 1 saturated heterocycles. The van der Waals surface area contributed by atoms with Gasteiger partial charge in [-0.2, -0.15) is 0 Å². The molecule has 2 aromatic heterocycles. The van der Waals surface area contributed by atoms with Crippen LogP contribution in [0.1, 0.15) is 6.42 Å². The fourth-order valence-electron chi connectivity index (χ4n) is 2.69. The van der Waals surface area contributed by atoms with E-state index in [4.69, 9.17) is 5.11 Å². The lowest BCUT2D eigenvalue weighted by atomic mass is 10.3. The van der Waals surface area contributed by atoms with Gasteiger partial charge in [0.15, 0.2) is 0 Å². The molecular formula is C14H18N4O3S. The third-order valence-corrected chi connectivity index (χ3v) is 4.54. The van der Waals surface area contributed by atoms with Crippen molar-refractivity contribution in [1.82, 2.24) is 14.9 Å². The molecule has 3 heterocycles. The number of fused-ring (bicyclic) bond motifs is 1. The van der Waals surface area contributed by atoms with Crippen molar-refractivity contribution < 1.29 is 15.0 Å². The summed E-state index contributed by atoms with van der Waals surface area (Å²) in [4.78, 5) is 25.0. The van der Waals surface area contributed by atoms with Crippen molar-refractivity contribution in [2.75, 3.05) is 37.7 Å². The molecule has 1 amide bonds. The molecule has 2 aromatic rings. The van der Waals surface area contributed by atoms with Gasteiger partial charge in [0.2, 0.25) is 5.91 Å². The second-order valence-electron chi connectivity index (χ2n) is 5.25. The first-order chi connectivity index (χ1) is 10.7. The summed E-state index contributed by atoms with van der Waals surface area (Å²) in [6, 6.07) is 1.97. The predicted octanol–water partition coefficient (Wildman–Crippen LogP) is 0.0832. The average molecular weight is 322 g/mol. The number of aliphatic hydroxyl groups is 2. The molecule has 0 radical (unpaired) electrons. The maximum absolute atomic E-state index is 11.9. The van der Waals surface area contributed by atoms with Gasteiger partial charge in [-0.05, 0) is 11.4 Å². The Morgan fingerprint density at radius 1 is 1.36 bits per heavy atom. The van der Waals surface area contributed by atoms with Gasteiger partial charge in [-0.1, -0.05) is 0 Å². The summed E-state index contributed by atoms with van der Waals surface area (Å²) in [5, 5.41) is 22.0. The lowest BCUT2D eigenvalue weighted by Crippen LogP contribution is -2.37. The Bertz CT molecular complexity index is 662. The van der Waals surface area contributed by atoms with Crippen LogP contribution in [0.3, 0.4) is 0 Å². The lowest BCUT2D eigenvalue weighted by molar-refractivity contribution is -0.132. The number of aliphatic hydroxyl groups excluding tert-OH is 2. The van der Waals surface area contributed by atoms with Crippen LogP contribution in [0, 0.1) is 0 Å². The Morgan fingerprint density at radius 3 is 3.05 bits per heavy atom. The minimum Gasteiger partial charge on any atom is -0.396 e. The number of carbonyl (C=O) groups is 1. The van der Waals surface area contributed by atoms with Crippen molar-refractivity contribution in [1.29, 1.82) is 0 Å². The van der Waals surface area contributed by atoms with Crippen LogP contribution < -0.4 is 4.90 Å². The highest BCUT2D eigenvalue weighted by molar-refractivity contribution is 7.16. The predicted molar refractivity (Wildman–Crippen MR) is 83.9 cm³/mol. The summed E-state index contributed by atoms with van der Waals surface area (Å²) >= 11 is 1.55. The summed E-state index contributed by atoms with van der Waals surface area (Å²) in [6.07, 6.45) is 0.976. The number of aromatic nitrogens is 2. The van der Waals surface area contributed by atoms with Crippen LogP contribution in [0.5, 0.6) is 0 Å². The molecule has 8 heteroatoms. The standard InChI is InChI=1S/C14H18N4O3S/c19-5-1-12(21)17-3-4-18(8-10(20)7-17)13-11-2-6-22-14(11)16-9-15-13/h2,6,9-10,19-20H,1,3-5,7-8H2. The maximum atomic E-state index is 11.9. The van der Waals surface area contributed by atoms with Crippen molar-refractivity contribution in [2.24, 2.45) is 0 Å². The zero-order chi connectivity index (χ0) is 15.5. The molecule has 22 heavy (non-hydrogen) atoms. The number of carbonyl (C=O) groups excluding carboxylic acids is 1. The van der Waals surface area contributed by atoms with Gasteiger partial charge in [0.05, 0.1) is 18.1 Å². The van der Waals surface area contributed by atoms with E-state index in [0.717, 1.165) is 16.0 Å². The molecular weight excluding hydrogens is 304 g/mol. The first kappa shape index (κ1) is 15.1. The Hall–Kier alpha value is -1.77. The summed E-state index contributed by atoms with van der Waals surface area (Å²) in [6.45, 7) is 1.64. The van der Waals surface area contributed by atoms with Crippen LogP contribution >= 0.6 is 11.3 Å². The Labute approximate surface area is 131 Å². The van der Waals surface area contributed by atoms with E-state index < -0.39 is 6.10 Å². The fourth-order valence-corrected chi connectivity index (χ4v) is 3.42. The third-order valence-electron chi connectivity index (χ3n) is 3.72. The molecule has 1 fully saturated rings. The second-order valence-corrected chi connectivity index (χ2v) is 6.14. The van der Waals surface area contributed by atoms with Crippen molar-refractivity contribution in [3.05, 3.63) is 17.8 Å². The zero-order valence-corrected chi connectivity index (χ0v) is 12.9. The van der Waals surface area contributed by atoms with E-state index >= 15 is 0 Å². The first-order valence-electron chi connectivity index (χ1n) is 7.19. The average Bonchev–Trinajstić information content (AvgIpc) is 2.90. The van der Waals surface area contributed by atoms with Gasteiger partial charge >= 0.3 is 0 Å². The number of rotatable bonds is 3. The summed E-state index contributed by atoms with van der Waals surface area (Å²) in [5.74, 6) is 0.661. The van der Waals surface area contributed by atoms with Gasteiger partial charge in [-0.25, -0.2) is 9.97 Å². The SMILES string of the molecule is O=C(CCO)N1CCN(c2ncnc3sccc23)CC(O)C1. The van der Waals surface area contributed by atoms with Gasteiger partial charge in [0, 0.05) is 32.6 Å². The molecule has 0 bridgehead atoms. The van der Waals surface area contributed by atoms with Crippen LogP contribution in [0.2, 0.25) is 0 Å². The Balaban J connectivity index is 1.81. The second kappa shape index (κ2) is 6.55. The molecule has 1 aliphatic rings. The molecule has 1 aliphatic heterocycles. The van der Waals surface area contributed by atoms with E-state index in [1.165, 1.54) is 6.33 Å². The van der Waals surface area contributed by atoms with E-state index in [2.05, 4.69) is 9.97 Å². The Morgan fingerprint density at radius 2 is 2.23 bits per heavy atom. The highest BCUT2D eigenvalue weighted by Gasteiger charge is 2.25. The molecule has 3 rings (SSSR count). The molecule has 0 spiro atoms. The van der Waals surface area contributed by atoms with E-state index in [0.29, 0.717) is 19.6 Å². The summed E-state index contributed by atoms with van der Waals surface area (Å²) in [7, 11) is 0. The molecule has 1 unspecified atom stereocenters. The highest BCUT2D eigenvalue weighted by Crippen LogP contribution is 2.27. The minimum atomic E-state index is -0.645. The van der Waals surface area contributed by atoms with Gasteiger partial charge < -0.3 is 20.0 Å². The monoisotopic (exact) mass is 322 g/mol. The molecule has 2 N–H and O–H groups in total. The smallest absolute Gasteiger partial charge is 0.225 e. The number of nitrogens with zero attached hydrogens (tertiary/aromatic N) is 4. The van der Waals surface area contributed by atoms with E-state index in [9.17, 15) is 9.90 Å². The number of hydrogen-bond acceptors (Lipinski definition) is 7. The largest absolute Gasteiger partial charge is 0.396 e. The highest BCUT2D eigenvalue weighted by atomic mass is 32.1. The molecule has 0 aromatic carbocycles. The molecule has 0 aliphatic carbocycles. The van der Waals surface area contributed by atoms with E-state index in [1.807, 2.05) is 16.3 Å². The maximum Gasteiger partial charge on any atom is 0.225 e. The van der Waals surface area contributed by atoms with E-state index in [-0.39, 0.29) is 25.5 Å². The first-order valence-corrected chi connectivity index (χ1v) is 8.07. The van der Waals surface area contributed by atoms with Crippen molar-refractivity contribution in [3.8, 4) is 0 Å². The van der Waals surface area contributed by atoms with Crippen molar-refractivity contribution >= 4 is 33.3 Å². The van der Waals surface area contributed by atoms with Crippen LogP contribution in [0.4, 0.5) is 5.82 Å². The quantitative estimate of drug-likeness (QED) is 0.832. The van der Waals surface area contributed by atoms with Crippen LogP contribution in [-0.4, -0.2) is 69.9 Å². The lowest BCUT2D eigenvalue weighted by Gasteiger charge is -2.23. The Kier molecular flexibility index (Phi) is 4.51. The van der Waals surface area contributed by atoms with Crippen molar-refractivity contribution in [2.45, 2.75) is 12.5 Å². The van der Waals surface area contributed by atoms with Crippen LogP contribution in [0.25, 0.3) is 10.2 Å². The van der Waals surface area contributed by atoms with Gasteiger partial charge in [0.1, 0.15) is 17.0 Å². The number of hydrogen-bond donors (Lipinski definition) is 2. The topological polar surface area (TPSA) is 89.8 Å². The molecule has 1 atom stereocenters. The third kappa shape index (κ3) is 3.03. The fraction of sp³-hybridized carbons (Fsp3) is 0.500. The number of amides is 1. The molecule has 7 nitrogen and oxygen atoms in total. The van der Waals surface area contributed by atoms with Crippen LogP contribution in [-0.2, 0) is 4.79 Å². The normalized spacial score (nSPS) is 19.5. The van der Waals surface area contributed by atoms with Gasteiger partial charge in [-0.3, -0.25) is 4.79 Å². The summed E-state index contributed by atoms with van der Waals surface area (Å²) in [5.41, 5.74) is 0. The van der Waals surface area contributed by atoms with Crippen LogP contribution in [0.15, 0.2) is 17.8 Å². The van der Waals surface area contributed by atoms with Gasteiger partial charge in [-0.15, -0.1) is 11.3 Å². The number of anilines is 1. The minimum absolute atomic E-state index is 0.0923. The number of thiophene rings is 1. The number of β-amino-alcohol motifs (C(OH)–C–C–N with tert-alkyl or cyclic N) is 1. The van der Waals surface area contributed by atoms with Crippen molar-refractivity contribution in [3.63, 3.8) is 0 Å². The summed E-state index contributed by atoms with van der Waals surface area (Å²) < 4.78 is 0. The zero-order valence-electron chi connectivity index (χ0n) is 12.1. The molecule has 0 saturated carbocycles. The molecule has 118 valence electrons. The van der Waals surface area contributed by atoms with E-state index in [1.54, 1.807) is 16.2 Å². The van der Waals surface area contributed by atoms with Gasteiger partial charge in [0.25, 0.3) is 0 Å².